The first-order chi connectivity index (χ1) is 12.7. The summed E-state index contributed by atoms with van der Waals surface area (Å²) in [5, 5.41) is 3.15. The quantitative estimate of drug-likeness (QED) is 0.593. The third-order valence-corrected chi connectivity index (χ3v) is 5.19. The number of halogens is 1. The second kappa shape index (κ2) is 8.82. The van der Waals surface area contributed by atoms with Crippen molar-refractivity contribution in [3.8, 4) is 0 Å². The fourth-order valence-corrected chi connectivity index (χ4v) is 2.76. The van der Waals surface area contributed by atoms with Crippen molar-refractivity contribution in [3.05, 3.63) is 59.9 Å². The summed E-state index contributed by atoms with van der Waals surface area (Å²) in [4.78, 5) is 0. The molecule has 28 heavy (non-hydrogen) atoms. The van der Waals surface area contributed by atoms with Crippen LogP contribution in [-0.2, 0) is 20.7 Å². The van der Waals surface area contributed by atoms with Crippen LogP contribution in [0.5, 0.6) is 0 Å². The molecule has 1 aliphatic heterocycles. The smallest absolute Gasteiger partial charge is 0.466 e. The SMILES string of the molecule is CC1(C)OB(c2ccc(COC(=S)Nc3ccc(F)cc3)cc2)OC1(C)C.S. The summed E-state index contributed by atoms with van der Waals surface area (Å²) in [6.45, 7) is 8.46. The summed E-state index contributed by atoms with van der Waals surface area (Å²) in [5.74, 6) is -0.297. The van der Waals surface area contributed by atoms with Crippen LogP contribution in [-0.4, -0.2) is 23.5 Å². The molecule has 1 saturated heterocycles. The van der Waals surface area contributed by atoms with Crippen LogP contribution in [0.15, 0.2) is 48.5 Å². The lowest BCUT2D eigenvalue weighted by Crippen LogP contribution is -2.41. The number of nitrogens with one attached hydrogen (secondary N) is 1. The Morgan fingerprint density at radius 1 is 1.00 bits per heavy atom. The minimum Gasteiger partial charge on any atom is -0.466 e. The van der Waals surface area contributed by atoms with E-state index in [2.05, 4.69) is 5.32 Å². The molecule has 0 amide bonds. The first kappa shape index (κ1) is 22.7. The molecule has 2 aromatic carbocycles. The van der Waals surface area contributed by atoms with Crippen LogP contribution < -0.4 is 10.8 Å². The van der Waals surface area contributed by atoms with E-state index in [0.29, 0.717) is 12.3 Å². The van der Waals surface area contributed by atoms with Crippen LogP contribution in [0.4, 0.5) is 10.1 Å². The highest BCUT2D eigenvalue weighted by atomic mass is 32.1. The molecule has 150 valence electrons. The summed E-state index contributed by atoms with van der Waals surface area (Å²) in [5.41, 5.74) is 1.88. The van der Waals surface area contributed by atoms with Gasteiger partial charge in [-0.3, -0.25) is 0 Å². The molecular weight excluding hydrogens is 396 g/mol. The van der Waals surface area contributed by atoms with Crippen LogP contribution >= 0.6 is 25.7 Å². The summed E-state index contributed by atoms with van der Waals surface area (Å²) < 4.78 is 30.6. The Balaban J connectivity index is 0.00000280. The predicted octanol–water partition coefficient (Wildman–Crippen LogP) is 4.15. The number of rotatable bonds is 4. The van der Waals surface area contributed by atoms with E-state index in [1.807, 2.05) is 52.0 Å². The zero-order valence-electron chi connectivity index (χ0n) is 16.4. The van der Waals surface area contributed by atoms with Crippen molar-refractivity contribution in [1.29, 1.82) is 0 Å². The number of hydrogen-bond acceptors (Lipinski definition) is 4. The van der Waals surface area contributed by atoms with Gasteiger partial charge in [-0.05, 0) is 75.2 Å². The summed E-state index contributed by atoms with van der Waals surface area (Å²) in [6.07, 6.45) is 0. The van der Waals surface area contributed by atoms with Gasteiger partial charge < -0.3 is 19.4 Å². The van der Waals surface area contributed by atoms with E-state index in [4.69, 9.17) is 26.3 Å². The number of hydrogen-bond donors (Lipinski definition) is 1. The molecule has 1 fully saturated rings. The molecule has 1 N–H and O–H groups in total. The lowest BCUT2D eigenvalue weighted by atomic mass is 9.79. The Kier molecular flexibility index (Phi) is 7.14. The molecule has 0 radical (unpaired) electrons. The van der Waals surface area contributed by atoms with Gasteiger partial charge in [0.25, 0.3) is 5.17 Å². The van der Waals surface area contributed by atoms with Gasteiger partial charge in [-0.2, -0.15) is 13.5 Å². The zero-order chi connectivity index (χ0) is 19.7. The number of ether oxygens (including phenoxy) is 1. The third kappa shape index (κ3) is 5.26. The van der Waals surface area contributed by atoms with Crippen LogP contribution in [0.3, 0.4) is 0 Å². The van der Waals surface area contributed by atoms with Crippen LogP contribution in [0, 0.1) is 5.82 Å². The predicted molar refractivity (Wildman–Crippen MR) is 120 cm³/mol. The summed E-state index contributed by atoms with van der Waals surface area (Å²) >= 11 is 5.16. The molecule has 0 aliphatic carbocycles. The van der Waals surface area contributed by atoms with E-state index in [1.54, 1.807) is 12.1 Å². The first-order valence-corrected chi connectivity index (χ1v) is 9.21. The van der Waals surface area contributed by atoms with Gasteiger partial charge in [0.2, 0.25) is 0 Å². The molecule has 2 aromatic rings. The number of thiocarbonyl (C=S) groups is 1. The molecule has 0 atom stereocenters. The Morgan fingerprint density at radius 2 is 1.54 bits per heavy atom. The minimum absolute atomic E-state index is 0. The Labute approximate surface area is 178 Å². The fourth-order valence-electron chi connectivity index (χ4n) is 2.59. The first-order valence-electron chi connectivity index (χ1n) is 8.80. The molecule has 0 unspecified atom stereocenters. The Bertz CT molecular complexity index is 797. The van der Waals surface area contributed by atoms with Gasteiger partial charge in [-0.25, -0.2) is 4.39 Å². The highest BCUT2D eigenvalue weighted by Gasteiger charge is 2.51. The zero-order valence-corrected chi connectivity index (χ0v) is 18.2. The largest absolute Gasteiger partial charge is 0.494 e. The Hall–Kier alpha value is -1.61. The van der Waals surface area contributed by atoms with Crippen molar-refractivity contribution in [2.75, 3.05) is 5.32 Å². The second-order valence-electron chi connectivity index (χ2n) is 7.54. The molecule has 0 saturated carbocycles. The highest BCUT2D eigenvalue weighted by molar-refractivity contribution is 7.80. The maximum absolute atomic E-state index is 12.9. The summed E-state index contributed by atoms with van der Waals surface area (Å²) in [6, 6.07) is 13.8. The molecule has 3 rings (SSSR count). The molecule has 4 nitrogen and oxygen atoms in total. The van der Waals surface area contributed by atoms with E-state index in [1.165, 1.54) is 12.1 Å². The average molecular weight is 421 g/mol. The van der Waals surface area contributed by atoms with Crippen LogP contribution in [0.2, 0.25) is 0 Å². The highest BCUT2D eigenvalue weighted by Crippen LogP contribution is 2.36. The summed E-state index contributed by atoms with van der Waals surface area (Å²) in [7, 11) is -0.383. The fraction of sp³-hybridized carbons (Fsp3) is 0.350. The van der Waals surface area contributed by atoms with E-state index >= 15 is 0 Å². The van der Waals surface area contributed by atoms with Gasteiger partial charge in [-0.15, -0.1) is 0 Å². The molecule has 8 heteroatoms. The lowest BCUT2D eigenvalue weighted by molar-refractivity contribution is 0.00578. The maximum Gasteiger partial charge on any atom is 0.494 e. The standard InChI is InChI=1S/C20H23BFNO3S.H2S/c1-19(2)20(3,4)26-21(25-19)15-7-5-14(6-8-15)13-24-18(27)23-17-11-9-16(22)10-12-17;/h5-12H,13H2,1-4H3,(H,23,27);1H2. The molecule has 1 heterocycles. The van der Waals surface area contributed by atoms with E-state index < -0.39 is 0 Å². The van der Waals surface area contributed by atoms with Crippen LogP contribution in [0.1, 0.15) is 33.3 Å². The molecule has 0 aromatic heterocycles. The van der Waals surface area contributed by atoms with Crippen molar-refractivity contribution in [2.45, 2.75) is 45.5 Å². The third-order valence-electron chi connectivity index (χ3n) is 4.97. The molecule has 0 spiro atoms. The van der Waals surface area contributed by atoms with Gasteiger partial charge >= 0.3 is 7.12 Å². The second-order valence-corrected chi connectivity index (χ2v) is 7.91. The van der Waals surface area contributed by atoms with Crippen molar-refractivity contribution >= 4 is 49.2 Å². The van der Waals surface area contributed by atoms with Crippen LogP contribution in [0.25, 0.3) is 0 Å². The van der Waals surface area contributed by atoms with Gasteiger partial charge in [-0.1, -0.05) is 24.3 Å². The van der Waals surface area contributed by atoms with Gasteiger partial charge in [0.1, 0.15) is 12.4 Å². The van der Waals surface area contributed by atoms with Gasteiger partial charge in [0, 0.05) is 5.69 Å². The maximum atomic E-state index is 12.9. The van der Waals surface area contributed by atoms with Gasteiger partial charge in [0.15, 0.2) is 0 Å². The normalized spacial score (nSPS) is 17.0. The molecule has 1 aliphatic rings. The average Bonchev–Trinajstić information content (AvgIpc) is 2.83. The number of benzene rings is 2. The minimum atomic E-state index is -0.383. The topological polar surface area (TPSA) is 39.7 Å². The van der Waals surface area contributed by atoms with Crippen molar-refractivity contribution < 1.29 is 18.4 Å². The molecular formula is C20H25BFNO3S2. The molecule has 0 bridgehead atoms. The monoisotopic (exact) mass is 421 g/mol. The van der Waals surface area contributed by atoms with E-state index in [-0.39, 0.29) is 42.8 Å². The van der Waals surface area contributed by atoms with Crippen molar-refractivity contribution in [3.63, 3.8) is 0 Å². The van der Waals surface area contributed by atoms with E-state index in [0.717, 1.165) is 11.0 Å². The number of anilines is 1. The van der Waals surface area contributed by atoms with Gasteiger partial charge in [0.05, 0.1) is 11.2 Å². The Morgan fingerprint density at radius 3 is 2.07 bits per heavy atom. The van der Waals surface area contributed by atoms with Crippen molar-refractivity contribution in [1.82, 2.24) is 0 Å². The lowest BCUT2D eigenvalue weighted by Gasteiger charge is -2.32. The van der Waals surface area contributed by atoms with Crippen molar-refractivity contribution in [2.24, 2.45) is 0 Å². The van der Waals surface area contributed by atoms with E-state index in [9.17, 15) is 4.39 Å².